The number of carbonyl (C=O) groups excluding carboxylic acids is 1. The van der Waals surface area contributed by atoms with Crippen molar-refractivity contribution in [1.82, 2.24) is 9.80 Å². The zero-order chi connectivity index (χ0) is 25.2. The molecule has 1 saturated heterocycles. The molecule has 6 rings (SSSR count). The van der Waals surface area contributed by atoms with Crippen LogP contribution in [0, 0.1) is 5.92 Å². The number of likely N-dealkylation sites (N-methyl/N-ethyl adjacent to an activating group) is 1. The van der Waals surface area contributed by atoms with Crippen LogP contribution in [0.5, 0.6) is 11.5 Å². The smallest absolute Gasteiger partial charge is 0.246 e. The second kappa shape index (κ2) is 8.38. The van der Waals surface area contributed by atoms with Crippen LogP contribution < -0.4 is 9.47 Å². The second-order valence-corrected chi connectivity index (χ2v) is 11.4. The second-order valence-electron chi connectivity index (χ2n) is 11.4. The normalized spacial score (nSPS) is 32.4. The van der Waals surface area contributed by atoms with E-state index >= 15 is 0 Å². The van der Waals surface area contributed by atoms with Gasteiger partial charge in [0.1, 0.15) is 6.10 Å². The fourth-order valence-electron chi connectivity index (χ4n) is 7.61. The highest BCUT2D eigenvalue weighted by atomic mass is 16.5. The minimum atomic E-state index is -0.912. The molecule has 2 aliphatic heterocycles. The predicted molar refractivity (Wildman–Crippen MR) is 136 cm³/mol. The zero-order valence-electron chi connectivity index (χ0n) is 21.6. The largest absolute Gasteiger partial charge is 0.493 e. The van der Waals surface area contributed by atoms with Gasteiger partial charge in [0.05, 0.1) is 36.7 Å². The first-order chi connectivity index (χ1) is 17.3. The van der Waals surface area contributed by atoms with E-state index in [-0.39, 0.29) is 24.1 Å². The number of ether oxygens (including phenoxy) is 2. The Kier molecular flexibility index (Phi) is 5.50. The fraction of sp³-hybridized carbons (Fsp3) is 0.552. The number of amides is 1. The van der Waals surface area contributed by atoms with Gasteiger partial charge in [0.25, 0.3) is 0 Å². The van der Waals surface area contributed by atoms with Gasteiger partial charge in [-0.2, -0.15) is 0 Å². The van der Waals surface area contributed by atoms with Crippen molar-refractivity contribution in [3.8, 4) is 11.5 Å². The quantitative estimate of drug-likeness (QED) is 0.621. The third-order valence-corrected chi connectivity index (χ3v) is 9.11. The number of hydrogen-bond donors (Lipinski definition) is 1. The highest BCUT2D eigenvalue weighted by molar-refractivity contribution is 5.92. The van der Waals surface area contributed by atoms with Crippen molar-refractivity contribution in [3.63, 3.8) is 0 Å². The third-order valence-electron chi connectivity index (χ3n) is 9.11. The van der Waals surface area contributed by atoms with Gasteiger partial charge in [0.2, 0.25) is 5.91 Å². The Morgan fingerprint density at radius 2 is 2.17 bits per heavy atom. The molecule has 7 heteroatoms. The minimum absolute atomic E-state index is 0.0281. The summed E-state index contributed by atoms with van der Waals surface area (Å²) in [4.78, 5) is 18.0. The topological polar surface area (TPSA) is 75.4 Å². The maximum atomic E-state index is 13.7. The van der Waals surface area contributed by atoms with Crippen LogP contribution in [0.4, 0.5) is 0 Å². The summed E-state index contributed by atoms with van der Waals surface area (Å²) < 4.78 is 17.7. The molecule has 192 valence electrons. The molecule has 2 aromatic rings. The molecule has 2 fully saturated rings. The standard InChI is InChI=1S/C29H36N2O5/c1-18(2)16-31(24(32)8-5-19-10-14-35-17-19)21-9-11-29(33)23-15-20-6-7-22(34-4)26-25(20)28(29,27(21)36-26)12-13-30(23)3/h5-8,10,14,17-18,21,23,27,33H,9,11-13,15-16H2,1-4H3/b8-5+/t21-,23-,27+,28+,29-/m1/s1. The predicted octanol–water partition coefficient (Wildman–Crippen LogP) is 3.64. The molecule has 0 unspecified atom stereocenters. The van der Waals surface area contributed by atoms with E-state index in [1.54, 1.807) is 31.8 Å². The Morgan fingerprint density at radius 1 is 1.33 bits per heavy atom. The molecule has 4 aliphatic rings. The monoisotopic (exact) mass is 492 g/mol. The van der Waals surface area contributed by atoms with Crippen molar-refractivity contribution in [3.05, 3.63) is 53.5 Å². The fourth-order valence-corrected chi connectivity index (χ4v) is 7.61. The molecule has 1 saturated carbocycles. The van der Waals surface area contributed by atoms with Crippen molar-refractivity contribution in [1.29, 1.82) is 0 Å². The Balaban J connectivity index is 1.45. The molecule has 0 radical (unpaired) electrons. The molecule has 3 heterocycles. The SMILES string of the molecule is COc1ccc2c3c1O[C@H]1[C@H](N(CC(C)C)C(=O)/C=C/c4ccoc4)CC[C@@]4(O)[C@@H](C2)N(C)CC[C@]314. The first-order valence-electron chi connectivity index (χ1n) is 13.1. The van der Waals surface area contributed by atoms with Gasteiger partial charge in [-0.05, 0) is 69.0 Å². The first kappa shape index (κ1) is 23.6. The van der Waals surface area contributed by atoms with Gasteiger partial charge in [-0.15, -0.1) is 0 Å². The number of aliphatic hydroxyl groups is 1. The van der Waals surface area contributed by atoms with E-state index in [1.807, 2.05) is 17.0 Å². The molecular formula is C29H36N2O5. The van der Waals surface area contributed by atoms with E-state index in [4.69, 9.17) is 13.9 Å². The lowest BCUT2D eigenvalue weighted by Gasteiger charge is -2.64. The van der Waals surface area contributed by atoms with E-state index in [2.05, 4.69) is 31.9 Å². The van der Waals surface area contributed by atoms with E-state index in [1.165, 1.54) is 5.56 Å². The number of nitrogens with zero attached hydrogens (tertiary/aromatic N) is 2. The molecule has 36 heavy (non-hydrogen) atoms. The Bertz CT molecular complexity index is 1190. The van der Waals surface area contributed by atoms with Crippen molar-refractivity contribution in [2.75, 3.05) is 27.2 Å². The highest BCUT2D eigenvalue weighted by Crippen LogP contribution is 2.65. The number of likely N-dealkylation sites (tertiary alicyclic amines) is 1. The third kappa shape index (κ3) is 3.15. The van der Waals surface area contributed by atoms with Gasteiger partial charge in [-0.1, -0.05) is 19.9 Å². The van der Waals surface area contributed by atoms with E-state index in [0.29, 0.717) is 31.1 Å². The summed E-state index contributed by atoms with van der Waals surface area (Å²) in [5.41, 5.74) is 1.74. The molecule has 1 amide bonds. The van der Waals surface area contributed by atoms with Crippen molar-refractivity contribution in [2.45, 2.75) is 68.7 Å². The van der Waals surface area contributed by atoms with Crippen LogP contribution in [0.15, 0.2) is 41.2 Å². The van der Waals surface area contributed by atoms with E-state index in [9.17, 15) is 9.90 Å². The summed E-state index contributed by atoms with van der Waals surface area (Å²) in [5, 5.41) is 12.5. The van der Waals surface area contributed by atoms with Crippen LogP contribution in [0.1, 0.15) is 49.8 Å². The maximum Gasteiger partial charge on any atom is 0.246 e. The van der Waals surface area contributed by atoms with Crippen LogP contribution >= 0.6 is 0 Å². The molecule has 2 bridgehead atoms. The molecule has 1 spiro atoms. The number of furan rings is 1. The van der Waals surface area contributed by atoms with Crippen LogP contribution in [-0.4, -0.2) is 71.8 Å². The lowest BCUT2D eigenvalue weighted by molar-refractivity contribution is -0.197. The minimum Gasteiger partial charge on any atom is -0.493 e. The van der Waals surface area contributed by atoms with Gasteiger partial charge in [0, 0.05) is 29.8 Å². The van der Waals surface area contributed by atoms with Crippen LogP contribution in [0.2, 0.25) is 0 Å². The zero-order valence-corrected chi connectivity index (χ0v) is 21.6. The molecule has 7 nitrogen and oxygen atoms in total. The number of rotatable bonds is 6. The van der Waals surface area contributed by atoms with Gasteiger partial charge in [-0.3, -0.25) is 4.79 Å². The van der Waals surface area contributed by atoms with Gasteiger partial charge in [0.15, 0.2) is 11.5 Å². The molecule has 5 atom stereocenters. The van der Waals surface area contributed by atoms with Gasteiger partial charge < -0.3 is 28.8 Å². The lowest BCUT2D eigenvalue weighted by atomic mass is 9.48. The summed E-state index contributed by atoms with van der Waals surface area (Å²) in [6, 6.07) is 5.84. The Morgan fingerprint density at radius 3 is 2.89 bits per heavy atom. The number of methoxy groups -OCH3 is 1. The van der Waals surface area contributed by atoms with Gasteiger partial charge >= 0.3 is 0 Å². The van der Waals surface area contributed by atoms with Crippen LogP contribution in [-0.2, 0) is 16.6 Å². The summed E-state index contributed by atoms with van der Waals surface area (Å²) in [7, 11) is 3.79. The van der Waals surface area contributed by atoms with Gasteiger partial charge in [-0.25, -0.2) is 0 Å². The Hall–Kier alpha value is -2.77. The summed E-state index contributed by atoms with van der Waals surface area (Å²) >= 11 is 0. The number of hydrogen-bond acceptors (Lipinski definition) is 6. The highest BCUT2D eigenvalue weighted by Gasteiger charge is 2.73. The van der Waals surface area contributed by atoms with E-state index in [0.717, 1.165) is 36.3 Å². The van der Waals surface area contributed by atoms with Crippen molar-refractivity contribution in [2.24, 2.45) is 5.92 Å². The summed E-state index contributed by atoms with van der Waals surface area (Å²) in [5.74, 6) is 1.72. The molecule has 1 aromatic heterocycles. The first-order valence-corrected chi connectivity index (χ1v) is 13.1. The molecule has 2 aliphatic carbocycles. The number of piperidine rings is 1. The Labute approximate surface area is 212 Å². The average Bonchev–Trinajstić information content (AvgIpc) is 3.49. The van der Waals surface area contributed by atoms with E-state index < -0.39 is 11.0 Å². The molecule has 1 N–H and O–H groups in total. The van der Waals surface area contributed by atoms with Crippen molar-refractivity contribution >= 4 is 12.0 Å². The summed E-state index contributed by atoms with van der Waals surface area (Å²) in [6.07, 6.45) is 9.25. The van der Waals surface area contributed by atoms with Crippen LogP contribution in [0.25, 0.3) is 6.08 Å². The summed E-state index contributed by atoms with van der Waals surface area (Å²) in [6.45, 7) is 5.77. The molecular weight excluding hydrogens is 456 g/mol. The number of benzene rings is 1. The number of carbonyl (C=O) groups is 1. The lowest BCUT2D eigenvalue weighted by Crippen LogP contribution is -2.78. The van der Waals surface area contributed by atoms with Crippen LogP contribution in [0.3, 0.4) is 0 Å². The maximum absolute atomic E-state index is 13.7. The molecule has 1 aromatic carbocycles. The van der Waals surface area contributed by atoms with Crippen molar-refractivity contribution < 1.29 is 23.8 Å². The average molecular weight is 493 g/mol.